The molecule has 0 amide bonds. The summed E-state index contributed by atoms with van der Waals surface area (Å²) in [5.41, 5.74) is 0.911. The summed E-state index contributed by atoms with van der Waals surface area (Å²) in [4.78, 5) is 24.0. The van der Waals surface area contributed by atoms with Gasteiger partial charge in [-0.1, -0.05) is 6.07 Å². The molecule has 0 aliphatic heterocycles. The van der Waals surface area contributed by atoms with Crippen LogP contribution in [-0.2, 0) is 0 Å². The van der Waals surface area contributed by atoms with Gasteiger partial charge in [-0.15, -0.1) is 0 Å². The van der Waals surface area contributed by atoms with Crippen molar-refractivity contribution < 1.29 is 9.21 Å². The average Bonchev–Trinajstić information content (AvgIpc) is 2.43. The van der Waals surface area contributed by atoms with Gasteiger partial charge in [-0.25, -0.2) is 4.79 Å². The average molecular weight is 198 g/mol. The number of hydrogen-bond acceptors (Lipinski definition) is 3. The summed E-state index contributed by atoms with van der Waals surface area (Å²) in [7, 11) is 0. The Hall–Kier alpha value is -1.55. The molecule has 5 heteroatoms. The number of hydrogen-bond donors (Lipinski definition) is 1. The minimum atomic E-state index is -0.623. The third-order valence-electron chi connectivity index (χ3n) is 1.67. The van der Waals surface area contributed by atoms with Gasteiger partial charge in [0.05, 0.1) is 11.1 Å². The van der Waals surface area contributed by atoms with Gasteiger partial charge in [-0.05, 0) is 23.7 Å². The van der Waals surface area contributed by atoms with Crippen molar-refractivity contribution in [1.29, 1.82) is 0 Å². The normalized spacial score (nSPS) is 10.5. The second-order valence-corrected chi connectivity index (χ2v) is 2.81. The van der Waals surface area contributed by atoms with Crippen LogP contribution in [0.3, 0.4) is 0 Å². The number of carbonyl (C=O) groups is 1. The van der Waals surface area contributed by atoms with E-state index in [9.17, 15) is 9.59 Å². The summed E-state index contributed by atoms with van der Waals surface area (Å²) in [5.74, 6) is -0.597. The molecule has 13 heavy (non-hydrogen) atoms. The third kappa shape index (κ3) is 1.25. The van der Waals surface area contributed by atoms with Crippen LogP contribution in [0.5, 0.6) is 0 Å². The van der Waals surface area contributed by atoms with E-state index in [1.54, 1.807) is 12.1 Å². The van der Waals surface area contributed by atoms with Crippen molar-refractivity contribution in [2.75, 3.05) is 0 Å². The molecule has 0 fully saturated rings. The quantitative estimate of drug-likeness (QED) is 0.705. The zero-order valence-electron chi connectivity index (χ0n) is 6.33. The SMILES string of the molecule is O=C(Cl)c1cccc2oc(=O)[nH]c12. The first kappa shape index (κ1) is 8.07. The molecule has 66 valence electrons. The number of para-hydroxylation sites is 1. The molecule has 0 atom stereocenters. The first-order valence-corrected chi connectivity index (χ1v) is 3.88. The van der Waals surface area contributed by atoms with E-state index in [0.29, 0.717) is 11.1 Å². The Kier molecular flexibility index (Phi) is 1.70. The number of aromatic nitrogens is 1. The third-order valence-corrected chi connectivity index (χ3v) is 1.87. The molecule has 0 saturated carbocycles. The summed E-state index contributed by atoms with van der Waals surface area (Å²) in [6.07, 6.45) is 0. The fraction of sp³-hybridized carbons (Fsp3) is 0. The molecular formula is C8H4ClNO3. The maximum atomic E-state index is 10.9. The fourth-order valence-corrected chi connectivity index (χ4v) is 1.29. The lowest BCUT2D eigenvalue weighted by Crippen LogP contribution is -1.95. The lowest BCUT2D eigenvalue weighted by Gasteiger charge is -1.92. The van der Waals surface area contributed by atoms with Gasteiger partial charge < -0.3 is 4.42 Å². The van der Waals surface area contributed by atoms with Crippen LogP contribution in [0.1, 0.15) is 10.4 Å². The Bertz CT molecular complexity index is 525. The van der Waals surface area contributed by atoms with E-state index in [1.165, 1.54) is 6.07 Å². The van der Waals surface area contributed by atoms with E-state index in [0.717, 1.165) is 0 Å². The van der Waals surface area contributed by atoms with E-state index in [1.807, 2.05) is 0 Å². The molecule has 1 aromatic carbocycles. The van der Waals surface area contributed by atoms with Crippen LogP contribution in [0.15, 0.2) is 27.4 Å². The Morgan fingerprint density at radius 2 is 2.23 bits per heavy atom. The van der Waals surface area contributed by atoms with E-state index in [2.05, 4.69) is 4.98 Å². The number of aromatic amines is 1. The minimum absolute atomic E-state index is 0.241. The maximum Gasteiger partial charge on any atom is 0.417 e. The largest absolute Gasteiger partial charge is 0.417 e. The van der Waals surface area contributed by atoms with Gasteiger partial charge >= 0.3 is 5.76 Å². The summed E-state index contributed by atoms with van der Waals surface area (Å²) in [6, 6.07) is 4.69. The van der Waals surface area contributed by atoms with Gasteiger partial charge in [-0.3, -0.25) is 9.78 Å². The molecule has 0 saturated heterocycles. The van der Waals surface area contributed by atoms with Gasteiger partial charge in [0, 0.05) is 0 Å². The standard InChI is InChI=1S/C8H4ClNO3/c9-7(11)4-2-1-3-5-6(4)10-8(12)13-5/h1-3H,(H,10,12). The zero-order chi connectivity index (χ0) is 9.42. The van der Waals surface area contributed by atoms with E-state index in [4.69, 9.17) is 16.0 Å². The number of halogens is 1. The molecule has 1 aromatic heterocycles. The van der Waals surface area contributed by atoms with Crippen LogP contribution in [0.25, 0.3) is 11.1 Å². The highest BCUT2D eigenvalue weighted by Gasteiger charge is 2.10. The molecule has 0 aliphatic carbocycles. The highest BCUT2D eigenvalue weighted by molar-refractivity contribution is 6.68. The first-order valence-electron chi connectivity index (χ1n) is 3.50. The first-order chi connectivity index (χ1) is 6.18. The van der Waals surface area contributed by atoms with E-state index in [-0.39, 0.29) is 5.56 Å². The van der Waals surface area contributed by atoms with Crippen LogP contribution in [-0.4, -0.2) is 10.2 Å². The van der Waals surface area contributed by atoms with Gasteiger partial charge in [0.15, 0.2) is 5.58 Å². The topological polar surface area (TPSA) is 63.1 Å². The van der Waals surface area contributed by atoms with Crippen LogP contribution in [0.4, 0.5) is 0 Å². The van der Waals surface area contributed by atoms with Crippen molar-refractivity contribution in [3.05, 3.63) is 34.3 Å². The zero-order valence-corrected chi connectivity index (χ0v) is 7.09. The molecule has 0 aliphatic rings. The van der Waals surface area contributed by atoms with Crippen LogP contribution < -0.4 is 5.76 Å². The van der Waals surface area contributed by atoms with E-state index < -0.39 is 11.0 Å². The van der Waals surface area contributed by atoms with Crippen molar-refractivity contribution in [1.82, 2.24) is 4.98 Å². The Morgan fingerprint density at radius 3 is 2.92 bits per heavy atom. The van der Waals surface area contributed by atoms with Crippen LogP contribution in [0, 0.1) is 0 Å². The summed E-state index contributed by atoms with van der Waals surface area (Å²) >= 11 is 5.29. The Morgan fingerprint density at radius 1 is 1.46 bits per heavy atom. The summed E-state index contributed by atoms with van der Waals surface area (Å²) < 4.78 is 4.74. The van der Waals surface area contributed by atoms with E-state index >= 15 is 0 Å². The number of nitrogens with one attached hydrogen (secondary N) is 1. The highest BCUT2D eigenvalue weighted by atomic mass is 35.5. The molecule has 1 N–H and O–H groups in total. The number of carbonyl (C=O) groups excluding carboxylic acids is 1. The molecule has 2 rings (SSSR count). The lowest BCUT2D eigenvalue weighted by molar-refractivity contribution is 0.108. The van der Waals surface area contributed by atoms with Crippen molar-refractivity contribution in [2.24, 2.45) is 0 Å². The number of rotatable bonds is 1. The molecule has 1 heterocycles. The predicted molar refractivity (Wildman–Crippen MR) is 47.0 cm³/mol. The molecule has 0 bridgehead atoms. The Labute approximate surface area is 77.1 Å². The van der Waals surface area contributed by atoms with Crippen LogP contribution in [0.2, 0.25) is 0 Å². The lowest BCUT2D eigenvalue weighted by atomic mass is 10.2. The number of oxazole rings is 1. The van der Waals surface area contributed by atoms with Gasteiger partial charge in [-0.2, -0.15) is 0 Å². The summed E-state index contributed by atoms with van der Waals surface area (Å²) in [5, 5.41) is -0.623. The number of benzene rings is 1. The van der Waals surface area contributed by atoms with Crippen molar-refractivity contribution in [2.45, 2.75) is 0 Å². The molecule has 2 aromatic rings. The van der Waals surface area contributed by atoms with Crippen molar-refractivity contribution in [3.8, 4) is 0 Å². The van der Waals surface area contributed by atoms with Crippen molar-refractivity contribution in [3.63, 3.8) is 0 Å². The smallest absolute Gasteiger partial charge is 0.408 e. The maximum absolute atomic E-state index is 10.9. The molecule has 4 nitrogen and oxygen atoms in total. The second kappa shape index (κ2) is 2.74. The molecular weight excluding hydrogens is 194 g/mol. The minimum Gasteiger partial charge on any atom is -0.408 e. The molecule has 0 spiro atoms. The second-order valence-electron chi connectivity index (χ2n) is 2.47. The molecule has 0 radical (unpaired) electrons. The summed E-state index contributed by atoms with van der Waals surface area (Å²) in [6.45, 7) is 0. The van der Waals surface area contributed by atoms with Crippen LogP contribution >= 0.6 is 11.6 Å². The number of fused-ring (bicyclic) bond motifs is 1. The van der Waals surface area contributed by atoms with Crippen molar-refractivity contribution >= 4 is 27.9 Å². The highest BCUT2D eigenvalue weighted by Crippen LogP contribution is 2.16. The van der Waals surface area contributed by atoms with Gasteiger partial charge in [0.1, 0.15) is 0 Å². The predicted octanol–water partition coefficient (Wildman–Crippen LogP) is 1.50. The Balaban J connectivity index is 2.90. The number of H-pyrrole nitrogens is 1. The van der Waals surface area contributed by atoms with Gasteiger partial charge in [0.25, 0.3) is 5.24 Å². The van der Waals surface area contributed by atoms with Gasteiger partial charge in [0.2, 0.25) is 0 Å². The fourth-order valence-electron chi connectivity index (χ4n) is 1.14. The monoisotopic (exact) mass is 197 g/mol. The molecule has 0 unspecified atom stereocenters.